The van der Waals surface area contributed by atoms with E-state index in [0.29, 0.717) is 5.92 Å². The molecule has 1 saturated heterocycles. The molecule has 114 valence electrons. The van der Waals surface area contributed by atoms with E-state index < -0.39 is 0 Å². The van der Waals surface area contributed by atoms with Crippen molar-refractivity contribution in [3.63, 3.8) is 0 Å². The molecule has 1 aliphatic heterocycles. The molecule has 2 rings (SSSR count). The Morgan fingerprint density at radius 3 is 2.20 bits per heavy atom. The minimum Gasteiger partial charge on any atom is -0.357 e. The zero-order valence-corrected chi connectivity index (χ0v) is 14.2. The van der Waals surface area contributed by atoms with E-state index in [1.807, 2.05) is 20.0 Å². The third-order valence-electron chi connectivity index (χ3n) is 4.24. The second kappa shape index (κ2) is 8.28. The second-order valence-electron chi connectivity index (χ2n) is 6.17. The third kappa shape index (κ3) is 4.50. The van der Waals surface area contributed by atoms with Crippen molar-refractivity contribution >= 4 is 5.82 Å². The SMILES string of the molecule is CC.CC(C)c1ccnc(N2CCC(C(C)C)CC2)c1. The van der Waals surface area contributed by atoms with Crippen LogP contribution in [0, 0.1) is 11.8 Å². The first-order valence-corrected chi connectivity index (χ1v) is 8.29. The molecule has 1 aromatic heterocycles. The van der Waals surface area contributed by atoms with Gasteiger partial charge in [-0.25, -0.2) is 4.98 Å². The van der Waals surface area contributed by atoms with Gasteiger partial charge in [-0.3, -0.25) is 0 Å². The number of pyridine rings is 1. The first-order valence-electron chi connectivity index (χ1n) is 8.29. The highest BCUT2D eigenvalue weighted by Crippen LogP contribution is 2.28. The fourth-order valence-electron chi connectivity index (χ4n) is 2.76. The molecular formula is C18H32N2. The van der Waals surface area contributed by atoms with Crippen molar-refractivity contribution in [2.75, 3.05) is 18.0 Å². The maximum Gasteiger partial charge on any atom is 0.128 e. The molecule has 0 bridgehead atoms. The first kappa shape index (κ1) is 17.0. The number of anilines is 1. The van der Waals surface area contributed by atoms with Crippen LogP contribution in [0.2, 0.25) is 0 Å². The molecule has 2 nitrogen and oxygen atoms in total. The van der Waals surface area contributed by atoms with Crippen LogP contribution in [-0.2, 0) is 0 Å². The molecule has 0 aromatic carbocycles. The van der Waals surface area contributed by atoms with Gasteiger partial charge in [0, 0.05) is 19.3 Å². The Hall–Kier alpha value is -1.05. The van der Waals surface area contributed by atoms with Crippen LogP contribution in [0.5, 0.6) is 0 Å². The molecule has 2 heteroatoms. The van der Waals surface area contributed by atoms with Gasteiger partial charge < -0.3 is 4.90 Å². The molecule has 0 saturated carbocycles. The van der Waals surface area contributed by atoms with Gasteiger partial charge in [0.2, 0.25) is 0 Å². The number of aromatic nitrogens is 1. The Labute approximate surface area is 125 Å². The van der Waals surface area contributed by atoms with E-state index in [9.17, 15) is 0 Å². The molecule has 1 aromatic rings. The minimum atomic E-state index is 0.583. The summed E-state index contributed by atoms with van der Waals surface area (Å²) in [6.45, 7) is 15.5. The van der Waals surface area contributed by atoms with E-state index in [-0.39, 0.29) is 0 Å². The predicted octanol–water partition coefficient (Wildman–Crippen LogP) is 5.10. The lowest BCUT2D eigenvalue weighted by atomic mass is 9.87. The number of nitrogens with zero attached hydrogens (tertiary/aromatic N) is 2. The Kier molecular flexibility index (Phi) is 7.04. The van der Waals surface area contributed by atoms with Gasteiger partial charge in [-0.15, -0.1) is 0 Å². The summed E-state index contributed by atoms with van der Waals surface area (Å²) in [4.78, 5) is 6.99. The van der Waals surface area contributed by atoms with Crippen LogP contribution in [0.25, 0.3) is 0 Å². The highest BCUT2D eigenvalue weighted by atomic mass is 15.2. The molecule has 20 heavy (non-hydrogen) atoms. The maximum atomic E-state index is 4.54. The van der Waals surface area contributed by atoms with Crippen LogP contribution < -0.4 is 4.90 Å². The van der Waals surface area contributed by atoms with Crippen LogP contribution in [0.3, 0.4) is 0 Å². The number of hydrogen-bond acceptors (Lipinski definition) is 2. The van der Waals surface area contributed by atoms with Gasteiger partial charge in [0.1, 0.15) is 5.82 Å². The summed E-state index contributed by atoms with van der Waals surface area (Å²) in [7, 11) is 0. The van der Waals surface area contributed by atoms with Crippen molar-refractivity contribution in [1.82, 2.24) is 4.98 Å². The van der Waals surface area contributed by atoms with Crippen LogP contribution >= 0.6 is 0 Å². The lowest BCUT2D eigenvalue weighted by Gasteiger charge is -2.34. The highest BCUT2D eigenvalue weighted by Gasteiger charge is 2.22. The normalized spacial score (nSPS) is 16.3. The van der Waals surface area contributed by atoms with E-state index in [4.69, 9.17) is 0 Å². The van der Waals surface area contributed by atoms with Gasteiger partial charge in [0.05, 0.1) is 0 Å². The molecule has 0 radical (unpaired) electrons. The minimum absolute atomic E-state index is 0.583. The Bertz CT molecular complexity index is 377. The van der Waals surface area contributed by atoms with Crippen LogP contribution in [0.4, 0.5) is 5.82 Å². The van der Waals surface area contributed by atoms with Crippen molar-refractivity contribution in [3.05, 3.63) is 23.9 Å². The topological polar surface area (TPSA) is 16.1 Å². The Morgan fingerprint density at radius 1 is 1.10 bits per heavy atom. The molecule has 1 fully saturated rings. The molecule has 1 aliphatic rings. The van der Waals surface area contributed by atoms with Crippen molar-refractivity contribution in [1.29, 1.82) is 0 Å². The maximum absolute atomic E-state index is 4.54. The summed E-state index contributed by atoms with van der Waals surface area (Å²) in [6.07, 6.45) is 4.58. The van der Waals surface area contributed by atoms with Crippen LogP contribution in [0.1, 0.15) is 65.9 Å². The van der Waals surface area contributed by atoms with E-state index in [1.54, 1.807) is 0 Å². The summed E-state index contributed by atoms with van der Waals surface area (Å²) in [5.41, 5.74) is 1.39. The fourth-order valence-corrected chi connectivity index (χ4v) is 2.76. The van der Waals surface area contributed by atoms with Crippen molar-refractivity contribution < 1.29 is 0 Å². The molecule has 0 N–H and O–H groups in total. The monoisotopic (exact) mass is 276 g/mol. The van der Waals surface area contributed by atoms with E-state index in [2.05, 4.69) is 49.7 Å². The molecule has 0 amide bonds. The smallest absolute Gasteiger partial charge is 0.128 e. The van der Waals surface area contributed by atoms with Gasteiger partial charge in [0.15, 0.2) is 0 Å². The van der Waals surface area contributed by atoms with E-state index >= 15 is 0 Å². The van der Waals surface area contributed by atoms with Gasteiger partial charge in [-0.05, 0) is 48.3 Å². The molecule has 0 atom stereocenters. The summed E-state index contributed by atoms with van der Waals surface area (Å²) >= 11 is 0. The third-order valence-corrected chi connectivity index (χ3v) is 4.24. The number of rotatable bonds is 3. The Balaban J connectivity index is 0.000000956. The van der Waals surface area contributed by atoms with Gasteiger partial charge >= 0.3 is 0 Å². The molecule has 0 spiro atoms. The average molecular weight is 276 g/mol. The standard InChI is InChI=1S/C16H26N2.C2H6/c1-12(2)14-6-9-18(10-7-14)16-11-15(13(3)4)5-8-17-16;1-2/h5,8,11-14H,6-7,9-10H2,1-4H3;1-2H3. The Morgan fingerprint density at radius 2 is 1.70 bits per heavy atom. The quantitative estimate of drug-likeness (QED) is 0.763. The van der Waals surface area contributed by atoms with Crippen molar-refractivity contribution in [2.24, 2.45) is 11.8 Å². The van der Waals surface area contributed by atoms with Gasteiger partial charge in [-0.1, -0.05) is 41.5 Å². The van der Waals surface area contributed by atoms with Crippen LogP contribution in [0.15, 0.2) is 18.3 Å². The summed E-state index contributed by atoms with van der Waals surface area (Å²) < 4.78 is 0. The summed E-state index contributed by atoms with van der Waals surface area (Å²) in [5, 5.41) is 0. The molecular weight excluding hydrogens is 244 g/mol. The highest BCUT2D eigenvalue weighted by molar-refractivity contribution is 5.42. The summed E-state index contributed by atoms with van der Waals surface area (Å²) in [5.74, 6) is 3.47. The van der Waals surface area contributed by atoms with Crippen molar-refractivity contribution in [2.45, 2.75) is 60.3 Å². The van der Waals surface area contributed by atoms with Gasteiger partial charge in [0.25, 0.3) is 0 Å². The van der Waals surface area contributed by atoms with Gasteiger partial charge in [-0.2, -0.15) is 0 Å². The number of hydrogen-bond donors (Lipinski definition) is 0. The summed E-state index contributed by atoms with van der Waals surface area (Å²) in [6, 6.07) is 4.40. The fraction of sp³-hybridized carbons (Fsp3) is 0.722. The average Bonchev–Trinajstić information content (AvgIpc) is 2.49. The zero-order chi connectivity index (χ0) is 15.1. The molecule has 0 unspecified atom stereocenters. The molecule has 2 heterocycles. The van der Waals surface area contributed by atoms with E-state index in [1.165, 1.54) is 24.2 Å². The van der Waals surface area contributed by atoms with Crippen LogP contribution in [-0.4, -0.2) is 18.1 Å². The zero-order valence-electron chi connectivity index (χ0n) is 14.2. The number of piperidine rings is 1. The first-order chi connectivity index (χ1) is 9.58. The largest absolute Gasteiger partial charge is 0.357 e. The molecule has 0 aliphatic carbocycles. The predicted molar refractivity (Wildman–Crippen MR) is 89.4 cm³/mol. The van der Waals surface area contributed by atoms with Crippen molar-refractivity contribution in [3.8, 4) is 0 Å². The second-order valence-corrected chi connectivity index (χ2v) is 6.17. The lowest BCUT2D eigenvalue weighted by molar-refractivity contribution is 0.310. The van der Waals surface area contributed by atoms with E-state index in [0.717, 1.165) is 24.9 Å². The lowest BCUT2D eigenvalue weighted by Crippen LogP contribution is -2.35.